The fraction of sp³-hybridized carbons (Fsp3) is 1.00. The van der Waals surface area contributed by atoms with Crippen molar-refractivity contribution in [2.24, 2.45) is 0 Å². The third-order valence-electron chi connectivity index (χ3n) is 1.75. The number of phosphoric ester groups is 1. The van der Waals surface area contributed by atoms with Crippen molar-refractivity contribution in [3.8, 4) is 0 Å². The fourth-order valence-corrected chi connectivity index (χ4v) is 1.69. The molecule has 0 aromatic heterocycles. The van der Waals surface area contributed by atoms with Crippen LogP contribution >= 0.6 is 7.82 Å². The van der Waals surface area contributed by atoms with Crippen LogP contribution in [-0.4, -0.2) is 56.3 Å². The molecule has 0 aromatic carbocycles. The van der Waals surface area contributed by atoms with Gasteiger partial charge < -0.3 is 29.8 Å². The lowest BCUT2D eigenvalue weighted by Gasteiger charge is -2.17. The van der Waals surface area contributed by atoms with Gasteiger partial charge in [0.05, 0.1) is 6.61 Å². The highest BCUT2D eigenvalue weighted by Gasteiger charge is 2.46. The van der Waals surface area contributed by atoms with E-state index in [0.717, 1.165) is 0 Å². The van der Waals surface area contributed by atoms with Crippen molar-refractivity contribution in [3.05, 3.63) is 0 Å². The second-order valence-corrected chi connectivity index (χ2v) is 3.99. The second-order valence-electron chi connectivity index (χ2n) is 2.80. The van der Waals surface area contributed by atoms with Crippen LogP contribution in [0.2, 0.25) is 0 Å². The Morgan fingerprint density at radius 1 is 1.36 bits per heavy atom. The largest absolute Gasteiger partial charge is 0.470 e. The van der Waals surface area contributed by atoms with Crippen molar-refractivity contribution in [1.82, 2.24) is 0 Å². The molecule has 8 nitrogen and oxygen atoms in total. The van der Waals surface area contributed by atoms with E-state index in [1.807, 2.05) is 0 Å². The highest BCUT2D eigenvalue weighted by atomic mass is 31.2. The molecule has 0 spiro atoms. The monoisotopic (exact) mass is 230 g/mol. The number of hydrogen-bond donors (Lipinski definition) is 5. The molecule has 0 radical (unpaired) electrons. The maximum Gasteiger partial charge on any atom is 0.470 e. The molecule has 5 N–H and O–H groups in total. The summed E-state index contributed by atoms with van der Waals surface area (Å²) in [6, 6.07) is 0. The number of aliphatic hydroxyl groups excluding tert-OH is 3. The van der Waals surface area contributed by atoms with Gasteiger partial charge >= 0.3 is 7.82 Å². The minimum absolute atomic E-state index is 0.584. The molecule has 84 valence electrons. The number of hydrogen-bond acceptors (Lipinski definition) is 6. The lowest BCUT2D eigenvalue weighted by molar-refractivity contribution is -0.130. The van der Waals surface area contributed by atoms with Gasteiger partial charge in [-0.25, -0.2) is 4.57 Å². The summed E-state index contributed by atoms with van der Waals surface area (Å²) in [5, 5.41) is 27.0. The van der Waals surface area contributed by atoms with Gasteiger partial charge in [-0.3, -0.25) is 4.52 Å². The molecule has 0 amide bonds. The Hall–Kier alpha value is -0.0500. The molecule has 0 saturated carbocycles. The number of phosphoric acid groups is 1. The Bertz CT molecular complexity index is 238. The Labute approximate surface area is 78.9 Å². The highest BCUT2D eigenvalue weighted by molar-refractivity contribution is 7.46. The van der Waals surface area contributed by atoms with Gasteiger partial charge in [-0.05, 0) is 0 Å². The quantitative estimate of drug-likeness (QED) is 0.336. The first kappa shape index (κ1) is 12.0. The first-order chi connectivity index (χ1) is 6.35. The molecule has 1 aliphatic rings. The number of aliphatic hydroxyl groups is 3. The molecule has 1 aliphatic heterocycles. The van der Waals surface area contributed by atoms with Crippen molar-refractivity contribution in [2.75, 3.05) is 6.61 Å². The van der Waals surface area contributed by atoms with E-state index in [2.05, 4.69) is 9.26 Å². The summed E-state index contributed by atoms with van der Waals surface area (Å²) < 4.78 is 19.1. The lowest BCUT2D eigenvalue weighted by atomic mass is 10.1. The molecule has 1 unspecified atom stereocenters. The molecule has 0 aromatic rings. The van der Waals surface area contributed by atoms with Crippen LogP contribution in [0.25, 0.3) is 0 Å². The van der Waals surface area contributed by atoms with Crippen LogP contribution in [0.3, 0.4) is 0 Å². The second kappa shape index (κ2) is 4.21. The SMILES string of the molecule is O=P(O)(O)O[C@H]1C(O)O[C@H](CO)[C@@H]1O. The first-order valence-corrected chi connectivity index (χ1v) is 5.24. The molecule has 1 saturated heterocycles. The van der Waals surface area contributed by atoms with Crippen LogP contribution in [0.4, 0.5) is 0 Å². The van der Waals surface area contributed by atoms with Gasteiger partial charge in [-0.2, -0.15) is 0 Å². The average Bonchev–Trinajstić information content (AvgIpc) is 2.29. The number of rotatable bonds is 3. The summed E-state index contributed by atoms with van der Waals surface area (Å²) >= 11 is 0. The molecule has 1 fully saturated rings. The summed E-state index contributed by atoms with van der Waals surface area (Å²) in [5.74, 6) is 0. The van der Waals surface area contributed by atoms with E-state index in [0.29, 0.717) is 0 Å². The Kier molecular flexibility index (Phi) is 3.62. The van der Waals surface area contributed by atoms with Gasteiger partial charge in [-0.1, -0.05) is 0 Å². The fourth-order valence-electron chi connectivity index (χ4n) is 1.14. The molecule has 0 aliphatic carbocycles. The Morgan fingerprint density at radius 2 is 1.93 bits per heavy atom. The molecule has 0 bridgehead atoms. The molecule has 4 atom stereocenters. The molecule has 14 heavy (non-hydrogen) atoms. The van der Waals surface area contributed by atoms with Crippen LogP contribution in [0, 0.1) is 0 Å². The van der Waals surface area contributed by atoms with Crippen LogP contribution in [0.5, 0.6) is 0 Å². The first-order valence-electron chi connectivity index (χ1n) is 3.71. The van der Waals surface area contributed by atoms with E-state index in [1.165, 1.54) is 0 Å². The van der Waals surface area contributed by atoms with Crippen molar-refractivity contribution in [1.29, 1.82) is 0 Å². The van der Waals surface area contributed by atoms with Crippen molar-refractivity contribution < 1.29 is 38.9 Å². The predicted octanol–water partition coefficient (Wildman–Crippen LogP) is -2.47. The molecular weight excluding hydrogens is 219 g/mol. The van der Waals surface area contributed by atoms with E-state index in [4.69, 9.17) is 20.0 Å². The zero-order chi connectivity index (χ0) is 10.9. The van der Waals surface area contributed by atoms with Crippen LogP contribution in [0.15, 0.2) is 0 Å². The predicted molar refractivity (Wildman–Crippen MR) is 40.9 cm³/mol. The van der Waals surface area contributed by atoms with Gasteiger partial charge in [0.15, 0.2) is 6.29 Å². The van der Waals surface area contributed by atoms with Crippen LogP contribution < -0.4 is 0 Å². The lowest BCUT2D eigenvalue weighted by Crippen LogP contribution is -2.35. The van der Waals surface area contributed by atoms with Gasteiger partial charge in [0.1, 0.15) is 18.3 Å². The summed E-state index contributed by atoms with van der Waals surface area (Å²) in [7, 11) is -4.81. The van der Waals surface area contributed by atoms with Crippen molar-refractivity contribution >= 4 is 7.82 Å². The smallest absolute Gasteiger partial charge is 0.394 e. The summed E-state index contributed by atoms with van der Waals surface area (Å²) in [6.07, 6.45) is -5.83. The minimum atomic E-state index is -4.81. The third-order valence-corrected chi connectivity index (χ3v) is 2.27. The topological polar surface area (TPSA) is 137 Å². The van der Waals surface area contributed by atoms with Gasteiger partial charge in [0.25, 0.3) is 0 Å². The van der Waals surface area contributed by atoms with Gasteiger partial charge in [-0.15, -0.1) is 0 Å². The van der Waals surface area contributed by atoms with E-state index in [9.17, 15) is 9.67 Å². The van der Waals surface area contributed by atoms with E-state index in [1.54, 1.807) is 0 Å². The van der Waals surface area contributed by atoms with Crippen molar-refractivity contribution in [3.63, 3.8) is 0 Å². The van der Waals surface area contributed by atoms with Crippen LogP contribution in [0.1, 0.15) is 0 Å². The zero-order valence-corrected chi connectivity index (χ0v) is 7.82. The summed E-state index contributed by atoms with van der Waals surface area (Å²) in [5.41, 5.74) is 0. The molecular formula is C5H11O8P. The highest BCUT2D eigenvalue weighted by Crippen LogP contribution is 2.41. The molecule has 1 rings (SSSR count). The van der Waals surface area contributed by atoms with Gasteiger partial charge in [0, 0.05) is 0 Å². The molecule has 9 heteroatoms. The van der Waals surface area contributed by atoms with E-state index in [-0.39, 0.29) is 0 Å². The zero-order valence-electron chi connectivity index (χ0n) is 6.92. The maximum absolute atomic E-state index is 10.4. The van der Waals surface area contributed by atoms with Gasteiger partial charge in [0.2, 0.25) is 0 Å². The van der Waals surface area contributed by atoms with Crippen LogP contribution in [-0.2, 0) is 13.8 Å². The molecule has 1 heterocycles. The number of ether oxygens (including phenoxy) is 1. The maximum atomic E-state index is 10.4. The average molecular weight is 230 g/mol. The van der Waals surface area contributed by atoms with Crippen molar-refractivity contribution in [2.45, 2.75) is 24.6 Å². The summed E-state index contributed by atoms with van der Waals surface area (Å²) in [6.45, 7) is -0.584. The standard InChI is InChI=1S/C5H11O8P/c6-1-2-3(7)4(5(8)12-2)13-14(9,10)11/h2-8H,1H2,(H2,9,10,11)/t2-,3+,4-,5?/m1/s1. The van der Waals surface area contributed by atoms with E-state index < -0.39 is 39.0 Å². The Balaban J connectivity index is 2.65. The van der Waals surface area contributed by atoms with E-state index >= 15 is 0 Å². The Morgan fingerprint density at radius 3 is 2.29 bits per heavy atom. The summed E-state index contributed by atoms with van der Waals surface area (Å²) in [4.78, 5) is 16.8. The normalized spacial score (nSPS) is 38.9. The minimum Gasteiger partial charge on any atom is -0.394 e. The third kappa shape index (κ3) is 2.72.